The Bertz CT molecular complexity index is 1070. The third kappa shape index (κ3) is 4.10. The van der Waals surface area contributed by atoms with Gasteiger partial charge in [-0.1, -0.05) is 143 Å². The predicted molar refractivity (Wildman–Crippen MR) is 143 cm³/mol. The van der Waals surface area contributed by atoms with Crippen LogP contribution in [0.4, 0.5) is 0 Å². The van der Waals surface area contributed by atoms with Crippen LogP contribution in [0.2, 0.25) is 5.54 Å². The van der Waals surface area contributed by atoms with Gasteiger partial charge >= 0.3 is 0 Å². The summed E-state index contributed by atoms with van der Waals surface area (Å²) in [5.41, 5.74) is 4.55. The minimum Gasteiger partial charge on any atom is -0.0654 e. The molecule has 0 saturated heterocycles. The van der Waals surface area contributed by atoms with Gasteiger partial charge in [-0.05, 0) is 43.7 Å². The molecule has 0 spiro atoms. The topological polar surface area (TPSA) is 0 Å². The van der Waals surface area contributed by atoms with Gasteiger partial charge in [-0.3, -0.25) is 0 Å². The van der Waals surface area contributed by atoms with Crippen LogP contribution in [0.5, 0.6) is 0 Å². The fourth-order valence-corrected chi connectivity index (χ4v) is 10.5. The Hall–Kier alpha value is -2.90. The fourth-order valence-electron chi connectivity index (χ4n) is 5.05. The lowest BCUT2D eigenvalue weighted by Crippen LogP contribution is -2.69. The zero-order valence-electron chi connectivity index (χ0n) is 19.8. The molecule has 32 heavy (non-hydrogen) atoms. The fraction of sp³-hybridized carbons (Fsp3) is 0.226. The van der Waals surface area contributed by atoms with Crippen molar-refractivity contribution in [2.24, 2.45) is 0 Å². The van der Waals surface area contributed by atoms with Crippen molar-refractivity contribution in [3.05, 3.63) is 115 Å². The van der Waals surface area contributed by atoms with Crippen molar-refractivity contribution in [3.63, 3.8) is 0 Å². The Balaban J connectivity index is 1.85. The first-order valence-electron chi connectivity index (χ1n) is 11.9. The Morgan fingerprint density at radius 2 is 0.938 bits per heavy atom. The van der Waals surface area contributed by atoms with Crippen molar-refractivity contribution < 1.29 is 0 Å². The molecule has 1 atom stereocenters. The van der Waals surface area contributed by atoms with Gasteiger partial charge in [0.1, 0.15) is 0 Å². The first-order chi connectivity index (χ1) is 15.6. The molecule has 0 bridgehead atoms. The van der Waals surface area contributed by atoms with Crippen LogP contribution in [-0.2, 0) is 0 Å². The number of hydrogen-bond acceptors (Lipinski definition) is 0. The Kier molecular flexibility index (Phi) is 6.76. The molecule has 4 aromatic rings. The molecule has 0 aliphatic heterocycles. The lowest BCUT2D eigenvalue weighted by Gasteiger charge is -2.39. The third-order valence-corrected chi connectivity index (χ3v) is 12.7. The molecular weight excluding hydrogens is 400 g/mol. The van der Waals surface area contributed by atoms with Crippen LogP contribution in [-0.4, -0.2) is 8.07 Å². The molecule has 4 aromatic carbocycles. The van der Waals surface area contributed by atoms with Crippen LogP contribution in [0.1, 0.15) is 45.6 Å². The molecule has 162 valence electrons. The van der Waals surface area contributed by atoms with Crippen LogP contribution in [0.25, 0.3) is 11.1 Å². The second-order valence-electron chi connectivity index (χ2n) is 9.20. The standard InChI is InChI=1S/C31H34Si/c1-5-25(4)32(29-12-8-6-9-13-29,30-14-10-7-11-15-30)31-22-20-28(21-23-31)27-18-16-26(17-19-27)24(2)3/h6-25H,5H2,1-4H3. The van der Waals surface area contributed by atoms with E-state index in [0.717, 1.165) is 6.42 Å². The monoisotopic (exact) mass is 434 g/mol. The number of rotatable bonds is 7. The summed E-state index contributed by atoms with van der Waals surface area (Å²) >= 11 is 0. The van der Waals surface area contributed by atoms with Crippen molar-refractivity contribution in [2.75, 3.05) is 0 Å². The SMILES string of the molecule is CCC(C)[Si](c1ccccc1)(c1ccccc1)c1ccc(-c2ccc(C(C)C)cc2)cc1. The maximum absolute atomic E-state index is 2.45. The predicted octanol–water partition coefficient (Wildman–Crippen LogP) is 6.75. The highest BCUT2D eigenvalue weighted by atomic mass is 28.3. The second-order valence-corrected chi connectivity index (χ2v) is 13.5. The number of benzene rings is 4. The van der Waals surface area contributed by atoms with E-state index in [1.165, 1.54) is 32.3 Å². The van der Waals surface area contributed by atoms with E-state index in [4.69, 9.17) is 0 Å². The molecule has 0 heterocycles. The third-order valence-electron chi connectivity index (χ3n) is 7.06. The summed E-state index contributed by atoms with van der Waals surface area (Å²) in [6.45, 7) is 9.28. The van der Waals surface area contributed by atoms with Gasteiger partial charge in [-0.15, -0.1) is 0 Å². The van der Waals surface area contributed by atoms with Gasteiger partial charge in [0.25, 0.3) is 0 Å². The molecule has 0 N–H and O–H groups in total. The highest BCUT2D eigenvalue weighted by Crippen LogP contribution is 2.27. The highest BCUT2D eigenvalue weighted by molar-refractivity contribution is 7.12. The summed E-state index contributed by atoms with van der Waals surface area (Å²) in [5, 5.41) is 4.48. The molecular formula is C31H34Si. The van der Waals surface area contributed by atoms with Crippen molar-refractivity contribution >= 4 is 23.6 Å². The van der Waals surface area contributed by atoms with Gasteiger partial charge in [-0.25, -0.2) is 0 Å². The molecule has 0 amide bonds. The summed E-state index contributed by atoms with van der Waals surface area (Å²) in [6, 6.07) is 41.0. The quantitative estimate of drug-likeness (QED) is 0.223. The maximum Gasteiger partial charge on any atom is 0.150 e. The molecule has 0 radical (unpaired) electrons. The Morgan fingerprint density at radius 1 is 0.531 bits per heavy atom. The van der Waals surface area contributed by atoms with Crippen molar-refractivity contribution in [3.8, 4) is 11.1 Å². The molecule has 0 aromatic heterocycles. The van der Waals surface area contributed by atoms with E-state index in [0.29, 0.717) is 11.5 Å². The number of hydrogen-bond donors (Lipinski definition) is 0. The minimum atomic E-state index is -2.17. The summed E-state index contributed by atoms with van der Waals surface area (Å²) in [6.07, 6.45) is 1.16. The summed E-state index contributed by atoms with van der Waals surface area (Å²) in [4.78, 5) is 0. The van der Waals surface area contributed by atoms with Gasteiger partial charge in [0.15, 0.2) is 8.07 Å². The lowest BCUT2D eigenvalue weighted by molar-refractivity contribution is 0.857. The van der Waals surface area contributed by atoms with Crippen LogP contribution < -0.4 is 15.6 Å². The normalized spacial score (nSPS) is 12.7. The van der Waals surface area contributed by atoms with Crippen molar-refractivity contribution in [2.45, 2.75) is 45.6 Å². The van der Waals surface area contributed by atoms with E-state index in [2.05, 4.69) is 137 Å². The Labute approximate surface area is 195 Å². The highest BCUT2D eigenvalue weighted by Gasteiger charge is 2.43. The van der Waals surface area contributed by atoms with Crippen LogP contribution in [0.15, 0.2) is 109 Å². The Morgan fingerprint density at radius 3 is 1.34 bits per heavy atom. The van der Waals surface area contributed by atoms with Gasteiger partial charge in [0.05, 0.1) is 0 Å². The molecule has 1 unspecified atom stereocenters. The summed E-state index contributed by atoms with van der Waals surface area (Å²) in [5.74, 6) is 0.560. The van der Waals surface area contributed by atoms with Crippen LogP contribution >= 0.6 is 0 Å². The molecule has 0 saturated carbocycles. The minimum absolute atomic E-state index is 0.560. The largest absolute Gasteiger partial charge is 0.150 e. The van der Waals surface area contributed by atoms with Gasteiger partial charge < -0.3 is 0 Å². The van der Waals surface area contributed by atoms with E-state index in [1.54, 1.807) is 0 Å². The zero-order valence-corrected chi connectivity index (χ0v) is 20.8. The first-order valence-corrected chi connectivity index (χ1v) is 14.0. The van der Waals surface area contributed by atoms with E-state index in [-0.39, 0.29) is 0 Å². The van der Waals surface area contributed by atoms with Crippen molar-refractivity contribution in [1.82, 2.24) is 0 Å². The average Bonchev–Trinajstić information content (AvgIpc) is 2.86. The summed E-state index contributed by atoms with van der Waals surface area (Å²) < 4.78 is 0. The van der Waals surface area contributed by atoms with Gasteiger partial charge in [0.2, 0.25) is 0 Å². The van der Waals surface area contributed by atoms with Crippen LogP contribution in [0.3, 0.4) is 0 Å². The molecule has 0 aliphatic rings. The molecule has 0 aliphatic carbocycles. The van der Waals surface area contributed by atoms with E-state index in [1.807, 2.05) is 0 Å². The second kappa shape index (κ2) is 9.71. The van der Waals surface area contributed by atoms with E-state index in [9.17, 15) is 0 Å². The van der Waals surface area contributed by atoms with E-state index >= 15 is 0 Å². The van der Waals surface area contributed by atoms with Crippen LogP contribution in [0, 0.1) is 0 Å². The van der Waals surface area contributed by atoms with Gasteiger partial charge in [0, 0.05) is 0 Å². The van der Waals surface area contributed by atoms with Crippen molar-refractivity contribution in [1.29, 1.82) is 0 Å². The van der Waals surface area contributed by atoms with E-state index < -0.39 is 8.07 Å². The maximum atomic E-state index is 2.45. The lowest BCUT2D eigenvalue weighted by atomic mass is 9.99. The summed E-state index contributed by atoms with van der Waals surface area (Å²) in [7, 11) is -2.17. The first kappa shape index (κ1) is 22.3. The average molecular weight is 435 g/mol. The molecule has 0 fully saturated rings. The smallest absolute Gasteiger partial charge is 0.0654 e. The molecule has 4 rings (SSSR count). The molecule has 0 nitrogen and oxygen atoms in total. The molecule has 1 heteroatoms. The zero-order chi connectivity index (χ0) is 22.6. The van der Waals surface area contributed by atoms with Gasteiger partial charge in [-0.2, -0.15) is 0 Å².